The van der Waals surface area contributed by atoms with Crippen molar-refractivity contribution >= 4 is 11.9 Å². The second-order valence-electron chi connectivity index (χ2n) is 7.32. The minimum Gasteiger partial charge on any atom is -0.466 e. The van der Waals surface area contributed by atoms with E-state index in [0.717, 1.165) is 6.07 Å². The molecule has 164 valence electrons. The predicted molar refractivity (Wildman–Crippen MR) is 105 cm³/mol. The normalized spacial score (nSPS) is 22.5. The van der Waals surface area contributed by atoms with Gasteiger partial charge in [0.25, 0.3) is 5.92 Å². The third kappa shape index (κ3) is 3.70. The lowest BCUT2D eigenvalue weighted by Crippen LogP contribution is -2.33. The summed E-state index contributed by atoms with van der Waals surface area (Å²) in [6.07, 6.45) is -0.0953. The Bertz CT molecular complexity index is 958. The number of carbonyl (C=O) groups is 2. The maximum absolute atomic E-state index is 14.8. The summed E-state index contributed by atoms with van der Waals surface area (Å²) in [4.78, 5) is 25.5. The van der Waals surface area contributed by atoms with Gasteiger partial charge in [0.05, 0.1) is 36.7 Å². The van der Waals surface area contributed by atoms with Crippen molar-refractivity contribution in [2.45, 2.75) is 51.4 Å². The van der Waals surface area contributed by atoms with Crippen LogP contribution in [0.25, 0.3) is 0 Å². The van der Waals surface area contributed by atoms with Crippen LogP contribution < -0.4 is 5.32 Å². The summed E-state index contributed by atoms with van der Waals surface area (Å²) >= 11 is 0. The molecule has 1 aliphatic carbocycles. The van der Waals surface area contributed by atoms with Crippen LogP contribution in [-0.4, -0.2) is 31.6 Å². The van der Waals surface area contributed by atoms with E-state index in [9.17, 15) is 22.8 Å². The smallest absolute Gasteiger partial charge is 0.336 e. The molecule has 1 fully saturated rings. The Labute approximate surface area is 174 Å². The zero-order valence-corrected chi connectivity index (χ0v) is 17.3. The summed E-state index contributed by atoms with van der Waals surface area (Å²) in [5.74, 6) is -7.66. The molecular formula is C22H26F3NO4. The Morgan fingerprint density at radius 1 is 1.23 bits per heavy atom. The zero-order chi connectivity index (χ0) is 22.2. The highest BCUT2D eigenvalue weighted by Gasteiger charge is 2.59. The molecule has 8 heteroatoms. The molecule has 1 heterocycles. The van der Waals surface area contributed by atoms with Gasteiger partial charge in [0.15, 0.2) is 0 Å². The molecule has 0 bridgehead atoms. The summed E-state index contributed by atoms with van der Waals surface area (Å²) < 4.78 is 52.8. The number of allylic oxidation sites excluding steroid dienone is 2. The number of methoxy groups -OCH3 is 1. The highest BCUT2D eigenvalue weighted by atomic mass is 19.3. The molecule has 2 unspecified atom stereocenters. The summed E-state index contributed by atoms with van der Waals surface area (Å²) in [5, 5.41) is 3.03. The van der Waals surface area contributed by atoms with Crippen LogP contribution in [0.3, 0.4) is 0 Å². The number of benzene rings is 1. The molecule has 0 amide bonds. The second-order valence-corrected chi connectivity index (χ2v) is 7.32. The fourth-order valence-electron chi connectivity index (χ4n) is 4.02. The van der Waals surface area contributed by atoms with Gasteiger partial charge in [-0.3, -0.25) is 0 Å². The minimum absolute atomic E-state index is 0. The van der Waals surface area contributed by atoms with Crippen molar-refractivity contribution in [1.29, 1.82) is 0 Å². The lowest BCUT2D eigenvalue weighted by atomic mass is 9.77. The van der Waals surface area contributed by atoms with Crippen LogP contribution in [0.1, 0.15) is 58.0 Å². The van der Waals surface area contributed by atoms with Gasteiger partial charge in [0.2, 0.25) is 0 Å². The summed E-state index contributed by atoms with van der Waals surface area (Å²) in [5.41, 5.74) is 1.03. The Morgan fingerprint density at radius 2 is 1.90 bits per heavy atom. The van der Waals surface area contributed by atoms with Crippen LogP contribution in [0.5, 0.6) is 0 Å². The van der Waals surface area contributed by atoms with E-state index in [1.54, 1.807) is 20.8 Å². The summed E-state index contributed by atoms with van der Waals surface area (Å²) in [6.45, 7) is 5.15. The lowest BCUT2D eigenvalue weighted by molar-refractivity contribution is -0.139. The number of dihydropyridines is 1. The Hall–Kier alpha value is -2.77. The number of nitrogens with one attached hydrogen (secondary N) is 1. The van der Waals surface area contributed by atoms with E-state index in [1.807, 2.05) is 0 Å². The Morgan fingerprint density at radius 3 is 2.43 bits per heavy atom. The predicted octanol–water partition coefficient (Wildman–Crippen LogP) is 4.56. The van der Waals surface area contributed by atoms with E-state index in [1.165, 1.54) is 19.2 Å². The summed E-state index contributed by atoms with van der Waals surface area (Å²) in [7, 11) is 1.18. The SMILES string of the molecule is CCOC(=O)C1=C(CC)NC(C)=C(C(=O)OC)C1c1cccc(F)c1C1CC1(F)F.[HH]. The fourth-order valence-corrected chi connectivity index (χ4v) is 4.02. The van der Waals surface area contributed by atoms with Crippen molar-refractivity contribution in [1.82, 2.24) is 5.32 Å². The van der Waals surface area contributed by atoms with Crippen molar-refractivity contribution in [3.05, 3.63) is 57.7 Å². The zero-order valence-electron chi connectivity index (χ0n) is 17.3. The van der Waals surface area contributed by atoms with Gasteiger partial charge in [-0.1, -0.05) is 19.1 Å². The molecule has 1 saturated carbocycles. The maximum Gasteiger partial charge on any atom is 0.336 e. The number of ether oxygens (including phenoxy) is 2. The molecule has 0 saturated heterocycles. The van der Waals surface area contributed by atoms with Crippen LogP contribution in [0, 0.1) is 5.82 Å². The van der Waals surface area contributed by atoms with Crippen LogP contribution >= 0.6 is 0 Å². The number of esters is 2. The van der Waals surface area contributed by atoms with Gasteiger partial charge >= 0.3 is 11.9 Å². The van der Waals surface area contributed by atoms with Gasteiger partial charge in [-0.15, -0.1) is 0 Å². The monoisotopic (exact) mass is 425 g/mol. The average molecular weight is 425 g/mol. The van der Waals surface area contributed by atoms with E-state index in [2.05, 4.69) is 5.32 Å². The van der Waals surface area contributed by atoms with E-state index < -0.39 is 41.9 Å². The van der Waals surface area contributed by atoms with Crippen molar-refractivity contribution in [3.8, 4) is 0 Å². The number of carbonyl (C=O) groups excluding carboxylic acids is 2. The largest absolute Gasteiger partial charge is 0.466 e. The first kappa shape index (κ1) is 21.9. The van der Waals surface area contributed by atoms with E-state index in [-0.39, 0.29) is 30.3 Å². The molecule has 1 N–H and O–H groups in total. The molecule has 2 atom stereocenters. The van der Waals surface area contributed by atoms with Gasteiger partial charge in [0.1, 0.15) is 5.82 Å². The van der Waals surface area contributed by atoms with Gasteiger partial charge in [-0.05, 0) is 31.9 Å². The van der Waals surface area contributed by atoms with Crippen LogP contribution in [0.15, 0.2) is 40.7 Å². The molecular weight excluding hydrogens is 399 g/mol. The van der Waals surface area contributed by atoms with Crippen LogP contribution in [-0.2, 0) is 19.1 Å². The van der Waals surface area contributed by atoms with Crippen molar-refractivity contribution in [2.75, 3.05) is 13.7 Å². The maximum atomic E-state index is 14.8. The molecule has 5 nitrogen and oxygen atoms in total. The number of hydrogen-bond acceptors (Lipinski definition) is 5. The summed E-state index contributed by atoms with van der Waals surface area (Å²) in [6, 6.07) is 3.97. The third-order valence-corrected chi connectivity index (χ3v) is 5.47. The third-order valence-electron chi connectivity index (χ3n) is 5.47. The van der Waals surface area contributed by atoms with Gasteiger partial charge in [-0.2, -0.15) is 0 Å². The fraction of sp³-hybridized carbons (Fsp3) is 0.455. The van der Waals surface area contributed by atoms with Gasteiger partial charge < -0.3 is 14.8 Å². The van der Waals surface area contributed by atoms with Crippen LogP contribution in [0.2, 0.25) is 0 Å². The number of alkyl halides is 2. The lowest BCUT2D eigenvalue weighted by Gasteiger charge is -2.32. The first-order chi connectivity index (χ1) is 14.2. The van der Waals surface area contributed by atoms with Crippen molar-refractivity contribution < 1.29 is 33.7 Å². The first-order valence-electron chi connectivity index (χ1n) is 9.80. The molecule has 1 aromatic carbocycles. The molecule has 0 aromatic heterocycles. The van der Waals surface area contributed by atoms with Gasteiger partial charge in [-0.25, -0.2) is 22.8 Å². The molecule has 0 radical (unpaired) electrons. The number of rotatable bonds is 6. The Balaban J connectivity index is 0.00000341. The molecule has 1 aromatic rings. The number of hydrogen-bond donors (Lipinski definition) is 1. The standard InChI is InChI=1S/C22H24F3NO4.H2/c1-5-15-19(21(28)30-6-2)18(16(11(3)26-15)20(27)29-4)12-8-7-9-14(23)17(12)13-10-22(13,24)25;/h7-9,13,18,26H,5-6,10H2,1-4H3;1H. The molecule has 1 aliphatic heterocycles. The van der Waals surface area contributed by atoms with Crippen molar-refractivity contribution in [3.63, 3.8) is 0 Å². The minimum atomic E-state index is -3.03. The highest BCUT2D eigenvalue weighted by molar-refractivity contribution is 6.00. The highest BCUT2D eigenvalue weighted by Crippen LogP contribution is 2.58. The molecule has 3 rings (SSSR count). The van der Waals surface area contributed by atoms with Crippen molar-refractivity contribution in [2.24, 2.45) is 0 Å². The van der Waals surface area contributed by atoms with E-state index in [0.29, 0.717) is 17.8 Å². The first-order valence-corrected chi connectivity index (χ1v) is 9.80. The van der Waals surface area contributed by atoms with E-state index >= 15 is 0 Å². The van der Waals surface area contributed by atoms with Crippen LogP contribution in [0.4, 0.5) is 13.2 Å². The number of halogens is 3. The molecule has 2 aliphatic rings. The Kier molecular flexibility index (Phi) is 5.97. The second kappa shape index (κ2) is 8.16. The van der Waals surface area contributed by atoms with Gasteiger partial charge in [0, 0.05) is 24.8 Å². The average Bonchev–Trinajstić information content (AvgIpc) is 3.33. The topological polar surface area (TPSA) is 64.6 Å². The quantitative estimate of drug-likeness (QED) is 0.678. The molecule has 0 spiro atoms. The molecule has 30 heavy (non-hydrogen) atoms. The van der Waals surface area contributed by atoms with E-state index in [4.69, 9.17) is 9.47 Å².